The van der Waals surface area contributed by atoms with Gasteiger partial charge in [0.1, 0.15) is 0 Å². The molecule has 2 nitrogen and oxygen atoms in total. The smallest absolute Gasteiger partial charge is 0.0772 e. The van der Waals surface area contributed by atoms with Gasteiger partial charge < -0.3 is 10.0 Å². The van der Waals surface area contributed by atoms with Crippen molar-refractivity contribution >= 4 is 33.4 Å². The number of halogens is 1. The number of nitrogens with zero attached hydrogens (tertiary/aromatic N) is 1. The number of hydrogen-bond donors (Lipinski definition) is 1. The summed E-state index contributed by atoms with van der Waals surface area (Å²) in [6.07, 6.45) is 0.836. The average Bonchev–Trinajstić information content (AvgIpc) is 2.80. The fraction of sp³-hybridized carbons (Fsp3) is 0.538. The number of anilines is 1. The SMILES string of the molecule is C[C@H](O)c1ccc(N(C)C2CCSC2)cc1Br. The molecule has 1 N–H and O–H groups in total. The van der Waals surface area contributed by atoms with Crippen LogP contribution in [-0.4, -0.2) is 29.7 Å². The fourth-order valence-electron chi connectivity index (χ4n) is 2.11. The van der Waals surface area contributed by atoms with Crippen molar-refractivity contribution in [3.63, 3.8) is 0 Å². The molecule has 1 aliphatic heterocycles. The number of thioether (sulfide) groups is 1. The van der Waals surface area contributed by atoms with Gasteiger partial charge in [0.2, 0.25) is 0 Å². The molecule has 0 spiro atoms. The first-order chi connectivity index (χ1) is 8.09. The topological polar surface area (TPSA) is 23.5 Å². The van der Waals surface area contributed by atoms with Crippen LogP contribution in [0.2, 0.25) is 0 Å². The van der Waals surface area contributed by atoms with Gasteiger partial charge in [0.15, 0.2) is 0 Å². The van der Waals surface area contributed by atoms with E-state index in [1.807, 2.05) is 17.8 Å². The Morgan fingerprint density at radius 3 is 2.82 bits per heavy atom. The maximum Gasteiger partial charge on any atom is 0.0772 e. The minimum Gasteiger partial charge on any atom is -0.389 e. The van der Waals surface area contributed by atoms with Crippen LogP contribution in [0.1, 0.15) is 25.0 Å². The van der Waals surface area contributed by atoms with Crippen LogP contribution in [0.5, 0.6) is 0 Å². The maximum absolute atomic E-state index is 9.60. The molecule has 1 fully saturated rings. The summed E-state index contributed by atoms with van der Waals surface area (Å²) in [5.41, 5.74) is 2.16. The van der Waals surface area contributed by atoms with Crippen molar-refractivity contribution < 1.29 is 5.11 Å². The minimum atomic E-state index is -0.425. The monoisotopic (exact) mass is 315 g/mol. The van der Waals surface area contributed by atoms with Crippen LogP contribution in [0.15, 0.2) is 22.7 Å². The summed E-state index contributed by atoms with van der Waals surface area (Å²) in [6, 6.07) is 6.84. The first kappa shape index (κ1) is 13.2. The Labute approximate surface area is 116 Å². The summed E-state index contributed by atoms with van der Waals surface area (Å²) in [5, 5.41) is 9.60. The van der Waals surface area contributed by atoms with Gasteiger partial charge in [-0.15, -0.1) is 0 Å². The summed E-state index contributed by atoms with van der Waals surface area (Å²) < 4.78 is 0.988. The van der Waals surface area contributed by atoms with E-state index >= 15 is 0 Å². The van der Waals surface area contributed by atoms with Crippen molar-refractivity contribution in [1.82, 2.24) is 0 Å². The van der Waals surface area contributed by atoms with Crippen LogP contribution in [0.4, 0.5) is 5.69 Å². The summed E-state index contributed by atoms with van der Waals surface area (Å²) in [4.78, 5) is 2.34. The molecule has 2 atom stereocenters. The van der Waals surface area contributed by atoms with E-state index in [-0.39, 0.29) is 0 Å². The van der Waals surface area contributed by atoms with E-state index in [0.29, 0.717) is 6.04 Å². The molecule has 1 aliphatic rings. The van der Waals surface area contributed by atoms with E-state index in [1.54, 1.807) is 6.92 Å². The third-order valence-electron chi connectivity index (χ3n) is 3.29. The van der Waals surface area contributed by atoms with Gasteiger partial charge in [-0.05, 0) is 36.8 Å². The van der Waals surface area contributed by atoms with Crippen LogP contribution in [0.25, 0.3) is 0 Å². The standard InChI is InChI=1S/C13H18BrNOS/c1-9(16)12-4-3-10(7-13(12)14)15(2)11-5-6-17-8-11/h3-4,7,9,11,16H,5-6,8H2,1-2H3/t9-,11?/m0/s1. The Morgan fingerprint density at radius 1 is 1.53 bits per heavy atom. The third kappa shape index (κ3) is 2.98. The average molecular weight is 316 g/mol. The molecule has 1 aromatic rings. The lowest BCUT2D eigenvalue weighted by atomic mass is 10.1. The van der Waals surface area contributed by atoms with Crippen molar-refractivity contribution in [3.8, 4) is 0 Å². The molecule has 1 saturated heterocycles. The summed E-state index contributed by atoms with van der Waals surface area (Å²) in [7, 11) is 2.15. The van der Waals surface area contributed by atoms with Crippen molar-refractivity contribution in [3.05, 3.63) is 28.2 Å². The maximum atomic E-state index is 9.60. The van der Waals surface area contributed by atoms with Gasteiger partial charge >= 0.3 is 0 Å². The molecule has 0 amide bonds. The van der Waals surface area contributed by atoms with Crippen LogP contribution >= 0.6 is 27.7 Å². The van der Waals surface area contributed by atoms with E-state index in [4.69, 9.17) is 0 Å². The summed E-state index contributed by atoms with van der Waals surface area (Å²) in [6.45, 7) is 1.79. The molecule has 0 bridgehead atoms. The van der Waals surface area contributed by atoms with E-state index in [9.17, 15) is 5.11 Å². The molecular formula is C13H18BrNOS. The Morgan fingerprint density at radius 2 is 2.29 bits per heavy atom. The van der Waals surface area contributed by atoms with Crippen molar-refractivity contribution in [2.24, 2.45) is 0 Å². The Hall–Kier alpha value is -0.190. The van der Waals surface area contributed by atoms with Gasteiger partial charge in [0, 0.05) is 29.0 Å². The highest BCUT2D eigenvalue weighted by Crippen LogP contribution is 2.31. The lowest BCUT2D eigenvalue weighted by Gasteiger charge is -2.26. The third-order valence-corrected chi connectivity index (χ3v) is 5.13. The zero-order chi connectivity index (χ0) is 12.4. The summed E-state index contributed by atoms with van der Waals surface area (Å²) in [5.74, 6) is 2.48. The first-order valence-electron chi connectivity index (χ1n) is 5.87. The van der Waals surface area contributed by atoms with E-state index in [0.717, 1.165) is 10.0 Å². The number of aliphatic hydroxyl groups excluding tert-OH is 1. The minimum absolute atomic E-state index is 0.425. The largest absolute Gasteiger partial charge is 0.389 e. The molecule has 2 rings (SSSR count). The highest BCUT2D eigenvalue weighted by atomic mass is 79.9. The molecular weight excluding hydrogens is 298 g/mol. The molecule has 0 aliphatic carbocycles. The zero-order valence-electron chi connectivity index (χ0n) is 10.2. The molecule has 17 heavy (non-hydrogen) atoms. The number of benzene rings is 1. The molecule has 0 saturated carbocycles. The van der Waals surface area contributed by atoms with E-state index in [1.165, 1.54) is 23.6 Å². The Bertz CT molecular complexity index is 391. The van der Waals surface area contributed by atoms with E-state index in [2.05, 4.69) is 40.0 Å². The molecule has 1 aromatic carbocycles. The van der Waals surface area contributed by atoms with Crippen LogP contribution in [0, 0.1) is 0 Å². The molecule has 94 valence electrons. The van der Waals surface area contributed by atoms with Gasteiger partial charge in [-0.3, -0.25) is 0 Å². The molecule has 4 heteroatoms. The highest BCUT2D eigenvalue weighted by molar-refractivity contribution is 9.10. The zero-order valence-corrected chi connectivity index (χ0v) is 12.6. The summed E-state index contributed by atoms with van der Waals surface area (Å²) >= 11 is 5.56. The van der Waals surface area contributed by atoms with Crippen LogP contribution < -0.4 is 4.90 Å². The molecule has 1 unspecified atom stereocenters. The first-order valence-corrected chi connectivity index (χ1v) is 7.82. The normalized spacial score (nSPS) is 21.5. The second kappa shape index (κ2) is 5.63. The lowest BCUT2D eigenvalue weighted by Crippen LogP contribution is -2.31. The van der Waals surface area contributed by atoms with Crippen LogP contribution in [0.3, 0.4) is 0 Å². The second-order valence-corrected chi connectivity index (χ2v) is 6.51. The van der Waals surface area contributed by atoms with Crippen molar-refractivity contribution in [1.29, 1.82) is 0 Å². The predicted octanol–water partition coefficient (Wildman–Crippen LogP) is 3.44. The van der Waals surface area contributed by atoms with Crippen molar-refractivity contribution in [2.75, 3.05) is 23.5 Å². The predicted molar refractivity (Wildman–Crippen MR) is 78.9 cm³/mol. The molecule has 0 aromatic heterocycles. The number of rotatable bonds is 3. The molecule has 0 radical (unpaired) electrons. The quantitative estimate of drug-likeness (QED) is 0.924. The second-order valence-electron chi connectivity index (χ2n) is 4.51. The van der Waals surface area contributed by atoms with Gasteiger partial charge in [-0.25, -0.2) is 0 Å². The number of hydrogen-bond acceptors (Lipinski definition) is 3. The highest BCUT2D eigenvalue weighted by Gasteiger charge is 2.20. The number of aliphatic hydroxyl groups is 1. The van der Waals surface area contributed by atoms with Gasteiger partial charge in [-0.1, -0.05) is 22.0 Å². The van der Waals surface area contributed by atoms with Gasteiger partial charge in [-0.2, -0.15) is 11.8 Å². The Balaban J connectivity index is 2.18. The van der Waals surface area contributed by atoms with Gasteiger partial charge in [0.05, 0.1) is 6.10 Å². The lowest BCUT2D eigenvalue weighted by molar-refractivity contribution is 0.198. The molecule has 1 heterocycles. The van der Waals surface area contributed by atoms with Crippen LogP contribution in [-0.2, 0) is 0 Å². The fourth-order valence-corrected chi connectivity index (χ4v) is 4.08. The Kier molecular flexibility index (Phi) is 4.39. The van der Waals surface area contributed by atoms with Gasteiger partial charge in [0.25, 0.3) is 0 Å². The van der Waals surface area contributed by atoms with E-state index < -0.39 is 6.10 Å². The van der Waals surface area contributed by atoms with Crippen molar-refractivity contribution in [2.45, 2.75) is 25.5 Å².